The van der Waals surface area contributed by atoms with Crippen molar-refractivity contribution in [2.45, 2.75) is 19.6 Å². The Morgan fingerprint density at radius 2 is 2.25 bits per heavy atom. The standard InChI is InChI=1S/C12H15FN2O/c1-9(16)7-15(2)8-11-4-3-10(6-14)5-12(11)13/h3-5,9,16H,7-8H2,1-2H3. The van der Waals surface area contributed by atoms with Gasteiger partial charge in [0.2, 0.25) is 0 Å². The first kappa shape index (κ1) is 12.6. The van der Waals surface area contributed by atoms with Crippen molar-refractivity contribution in [1.29, 1.82) is 5.26 Å². The minimum Gasteiger partial charge on any atom is -0.392 e. The summed E-state index contributed by atoms with van der Waals surface area (Å²) in [4.78, 5) is 1.83. The summed E-state index contributed by atoms with van der Waals surface area (Å²) >= 11 is 0. The van der Waals surface area contributed by atoms with Crippen LogP contribution in [0.25, 0.3) is 0 Å². The van der Waals surface area contributed by atoms with Gasteiger partial charge in [0.25, 0.3) is 0 Å². The van der Waals surface area contributed by atoms with E-state index in [4.69, 9.17) is 5.26 Å². The van der Waals surface area contributed by atoms with Crippen LogP contribution in [0, 0.1) is 17.1 Å². The summed E-state index contributed by atoms with van der Waals surface area (Å²) in [5.74, 6) is -0.378. The van der Waals surface area contributed by atoms with Crippen LogP contribution in [0.15, 0.2) is 18.2 Å². The smallest absolute Gasteiger partial charge is 0.129 e. The van der Waals surface area contributed by atoms with Crippen LogP contribution < -0.4 is 0 Å². The van der Waals surface area contributed by atoms with Crippen LogP contribution in [-0.2, 0) is 6.54 Å². The van der Waals surface area contributed by atoms with E-state index in [0.29, 0.717) is 24.2 Å². The molecule has 3 nitrogen and oxygen atoms in total. The largest absolute Gasteiger partial charge is 0.392 e. The number of likely N-dealkylation sites (N-methyl/N-ethyl adjacent to an activating group) is 1. The molecule has 1 aromatic carbocycles. The van der Waals surface area contributed by atoms with Gasteiger partial charge in [0.05, 0.1) is 17.7 Å². The van der Waals surface area contributed by atoms with Crippen molar-refractivity contribution in [3.63, 3.8) is 0 Å². The van der Waals surface area contributed by atoms with E-state index >= 15 is 0 Å². The summed E-state index contributed by atoms with van der Waals surface area (Å²) in [7, 11) is 1.81. The Bertz CT molecular complexity index is 398. The molecule has 86 valence electrons. The highest BCUT2D eigenvalue weighted by molar-refractivity contribution is 5.32. The highest BCUT2D eigenvalue weighted by Crippen LogP contribution is 2.12. The molecule has 0 aliphatic carbocycles. The molecule has 1 unspecified atom stereocenters. The van der Waals surface area contributed by atoms with Crippen LogP contribution in [0.3, 0.4) is 0 Å². The molecule has 1 N–H and O–H groups in total. The summed E-state index contributed by atoms with van der Waals surface area (Å²) in [6.45, 7) is 2.59. The number of hydrogen-bond acceptors (Lipinski definition) is 3. The maximum atomic E-state index is 13.5. The van der Waals surface area contributed by atoms with Gasteiger partial charge in [0.1, 0.15) is 5.82 Å². The lowest BCUT2D eigenvalue weighted by molar-refractivity contribution is 0.137. The number of benzene rings is 1. The molecule has 0 saturated carbocycles. The number of nitrogens with zero attached hydrogens (tertiary/aromatic N) is 2. The van der Waals surface area contributed by atoms with E-state index in [1.165, 1.54) is 6.07 Å². The van der Waals surface area contributed by atoms with Gasteiger partial charge in [-0.05, 0) is 26.1 Å². The molecule has 16 heavy (non-hydrogen) atoms. The Morgan fingerprint density at radius 3 is 2.75 bits per heavy atom. The zero-order chi connectivity index (χ0) is 12.1. The molecule has 0 saturated heterocycles. The van der Waals surface area contributed by atoms with Gasteiger partial charge in [-0.3, -0.25) is 4.90 Å². The van der Waals surface area contributed by atoms with Crippen molar-refractivity contribution in [1.82, 2.24) is 4.90 Å². The third-order valence-electron chi connectivity index (χ3n) is 2.20. The first-order valence-corrected chi connectivity index (χ1v) is 5.08. The zero-order valence-corrected chi connectivity index (χ0v) is 9.44. The predicted octanol–water partition coefficient (Wildman–Crippen LogP) is 1.51. The van der Waals surface area contributed by atoms with Crippen LogP contribution in [0.5, 0.6) is 0 Å². The summed E-state index contributed by atoms with van der Waals surface area (Å²) < 4.78 is 13.5. The SMILES string of the molecule is CC(O)CN(C)Cc1ccc(C#N)cc1F. The first-order valence-electron chi connectivity index (χ1n) is 5.08. The topological polar surface area (TPSA) is 47.3 Å². The highest BCUT2D eigenvalue weighted by Gasteiger charge is 2.08. The Balaban J connectivity index is 2.71. The number of rotatable bonds is 4. The molecule has 0 aliphatic heterocycles. The summed E-state index contributed by atoms with van der Waals surface area (Å²) in [6, 6.07) is 6.31. The number of aliphatic hydroxyl groups excluding tert-OH is 1. The average Bonchev–Trinajstić information content (AvgIpc) is 2.19. The Labute approximate surface area is 94.7 Å². The normalized spacial score (nSPS) is 12.5. The first-order chi connectivity index (χ1) is 7.52. The van der Waals surface area contributed by atoms with Crippen molar-refractivity contribution >= 4 is 0 Å². The fraction of sp³-hybridized carbons (Fsp3) is 0.417. The number of hydrogen-bond donors (Lipinski definition) is 1. The van der Waals surface area contributed by atoms with Crippen LogP contribution in [0.4, 0.5) is 4.39 Å². The molecule has 0 amide bonds. The fourth-order valence-electron chi connectivity index (χ4n) is 1.55. The molecule has 0 fully saturated rings. The highest BCUT2D eigenvalue weighted by atomic mass is 19.1. The lowest BCUT2D eigenvalue weighted by Crippen LogP contribution is -2.27. The third kappa shape index (κ3) is 3.61. The quantitative estimate of drug-likeness (QED) is 0.840. The van der Waals surface area contributed by atoms with Crippen molar-refractivity contribution < 1.29 is 9.50 Å². The Kier molecular flexibility index (Phi) is 4.41. The number of halogens is 1. The van der Waals surface area contributed by atoms with Gasteiger partial charge < -0.3 is 5.11 Å². The van der Waals surface area contributed by atoms with Crippen molar-refractivity contribution in [3.8, 4) is 6.07 Å². The van der Waals surface area contributed by atoms with Gasteiger partial charge in [0, 0.05) is 18.7 Å². The molecule has 1 atom stereocenters. The zero-order valence-electron chi connectivity index (χ0n) is 9.44. The van der Waals surface area contributed by atoms with Crippen molar-refractivity contribution in [2.24, 2.45) is 0 Å². The number of nitriles is 1. The van der Waals surface area contributed by atoms with Gasteiger partial charge in [-0.2, -0.15) is 5.26 Å². The molecule has 0 radical (unpaired) electrons. The van der Waals surface area contributed by atoms with E-state index in [1.54, 1.807) is 19.1 Å². The van der Waals surface area contributed by atoms with Crippen molar-refractivity contribution in [2.75, 3.05) is 13.6 Å². The molecule has 0 aliphatic rings. The van der Waals surface area contributed by atoms with Crippen LogP contribution in [-0.4, -0.2) is 29.7 Å². The van der Waals surface area contributed by atoms with E-state index in [9.17, 15) is 9.50 Å². The summed E-state index contributed by atoms with van der Waals surface area (Å²) in [5.41, 5.74) is 0.849. The van der Waals surface area contributed by atoms with E-state index in [2.05, 4.69) is 0 Å². The molecular weight excluding hydrogens is 207 g/mol. The fourth-order valence-corrected chi connectivity index (χ4v) is 1.55. The van der Waals surface area contributed by atoms with Crippen LogP contribution in [0.1, 0.15) is 18.1 Å². The molecule has 4 heteroatoms. The molecule has 0 spiro atoms. The summed E-state index contributed by atoms with van der Waals surface area (Å²) in [5, 5.41) is 17.8. The van der Waals surface area contributed by atoms with Gasteiger partial charge in [-0.25, -0.2) is 4.39 Å². The predicted molar refractivity (Wildman–Crippen MR) is 59.1 cm³/mol. The van der Waals surface area contributed by atoms with E-state index in [-0.39, 0.29) is 5.82 Å². The van der Waals surface area contributed by atoms with Gasteiger partial charge >= 0.3 is 0 Å². The maximum Gasteiger partial charge on any atom is 0.129 e. The van der Waals surface area contributed by atoms with Crippen LogP contribution in [0.2, 0.25) is 0 Å². The van der Waals surface area contributed by atoms with Gasteiger partial charge in [-0.1, -0.05) is 6.07 Å². The second-order valence-corrected chi connectivity index (χ2v) is 3.96. The Morgan fingerprint density at radius 1 is 1.56 bits per heavy atom. The third-order valence-corrected chi connectivity index (χ3v) is 2.20. The molecule has 0 aromatic heterocycles. The van der Waals surface area contributed by atoms with Crippen molar-refractivity contribution in [3.05, 3.63) is 35.1 Å². The van der Waals surface area contributed by atoms with E-state index in [0.717, 1.165) is 0 Å². The van der Waals surface area contributed by atoms with E-state index in [1.807, 2.05) is 18.0 Å². The Hall–Kier alpha value is -1.44. The number of aliphatic hydroxyl groups is 1. The second kappa shape index (κ2) is 5.59. The summed E-state index contributed by atoms with van der Waals surface area (Å²) in [6.07, 6.45) is -0.438. The molecule has 1 aromatic rings. The molecule has 0 bridgehead atoms. The second-order valence-electron chi connectivity index (χ2n) is 3.96. The van der Waals surface area contributed by atoms with Gasteiger partial charge in [0.15, 0.2) is 0 Å². The lowest BCUT2D eigenvalue weighted by Gasteiger charge is -2.18. The minimum absolute atomic E-state index is 0.319. The molecule has 0 heterocycles. The monoisotopic (exact) mass is 222 g/mol. The van der Waals surface area contributed by atoms with E-state index < -0.39 is 6.10 Å². The maximum absolute atomic E-state index is 13.5. The minimum atomic E-state index is -0.438. The van der Waals surface area contributed by atoms with Crippen LogP contribution >= 0.6 is 0 Å². The molecule has 1 rings (SSSR count). The molecular formula is C12H15FN2O. The van der Waals surface area contributed by atoms with Gasteiger partial charge in [-0.15, -0.1) is 0 Å². The lowest BCUT2D eigenvalue weighted by atomic mass is 10.1. The average molecular weight is 222 g/mol.